The lowest BCUT2D eigenvalue weighted by Crippen LogP contribution is -2.53. The molecule has 0 bridgehead atoms. The number of hydrogen-bond donors (Lipinski definition) is 3. The lowest BCUT2D eigenvalue weighted by Gasteiger charge is -2.35. The molecule has 31 heavy (non-hydrogen) atoms. The van der Waals surface area contributed by atoms with Gasteiger partial charge in [0.25, 0.3) is 0 Å². The summed E-state index contributed by atoms with van der Waals surface area (Å²) in [4.78, 5) is 38.1. The van der Waals surface area contributed by atoms with E-state index in [2.05, 4.69) is 16.0 Å². The minimum Gasteiger partial charge on any atom is -0.444 e. The van der Waals surface area contributed by atoms with E-state index in [4.69, 9.17) is 9.47 Å². The zero-order valence-corrected chi connectivity index (χ0v) is 19.6. The van der Waals surface area contributed by atoms with Gasteiger partial charge in [-0.15, -0.1) is 0 Å². The Balaban J connectivity index is 2.05. The third-order valence-electron chi connectivity index (χ3n) is 4.80. The molecule has 1 aliphatic rings. The van der Waals surface area contributed by atoms with E-state index < -0.39 is 29.5 Å². The van der Waals surface area contributed by atoms with Crippen LogP contribution in [0.1, 0.15) is 54.0 Å². The van der Waals surface area contributed by atoms with Crippen LogP contribution in [-0.4, -0.2) is 52.9 Å². The number of amides is 4. The topological polar surface area (TPSA) is 109 Å². The van der Waals surface area contributed by atoms with Crippen LogP contribution in [0.15, 0.2) is 18.2 Å². The van der Waals surface area contributed by atoms with Crippen LogP contribution in [0, 0.1) is 6.92 Å². The van der Waals surface area contributed by atoms with Crippen molar-refractivity contribution in [1.29, 1.82) is 0 Å². The normalized spacial score (nSPS) is 20.2. The summed E-state index contributed by atoms with van der Waals surface area (Å²) in [6.45, 7) is 14.3. The van der Waals surface area contributed by atoms with Gasteiger partial charge in [0.05, 0.1) is 12.1 Å². The first-order valence-corrected chi connectivity index (χ1v) is 10.3. The van der Waals surface area contributed by atoms with Crippen molar-refractivity contribution in [3.63, 3.8) is 0 Å². The Hall–Kier alpha value is -2.81. The van der Waals surface area contributed by atoms with Crippen LogP contribution >= 0.6 is 0 Å². The Morgan fingerprint density at radius 1 is 1.19 bits per heavy atom. The molecule has 2 atom stereocenters. The molecular weight excluding hydrogens is 400 g/mol. The van der Waals surface area contributed by atoms with Crippen LogP contribution in [-0.2, 0) is 14.3 Å². The van der Waals surface area contributed by atoms with Gasteiger partial charge in [0.1, 0.15) is 11.3 Å². The van der Waals surface area contributed by atoms with Crippen LogP contribution in [0.2, 0.25) is 0 Å². The highest BCUT2D eigenvalue weighted by atomic mass is 16.6. The van der Waals surface area contributed by atoms with Gasteiger partial charge in [-0.3, -0.25) is 9.69 Å². The third kappa shape index (κ3) is 6.58. The molecule has 0 spiro atoms. The number of nitrogens with zero attached hydrogens (tertiary/aromatic N) is 1. The van der Waals surface area contributed by atoms with Gasteiger partial charge in [-0.1, -0.05) is 6.07 Å². The van der Waals surface area contributed by atoms with Crippen LogP contribution in [0.25, 0.3) is 0 Å². The first-order valence-electron chi connectivity index (χ1n) is 10.3. The number of urea groups is 1. The van der Waals surface area contributed by atoms with E-state index in [0.717, 1.165) is 5.56 Å². The average Bonchev–Trinajstić information content (AvgIpc) is 2.82. The fourth-order valence-electron chi connectivity index (χ4n) is 3.52. The molecule has 0 aromatic heterocycles. The van der Waals surface area contributed by atoms with Gasteiger partial charge in [-0.05, 0) is 66.2 Å². The second kappa shape index (κ2) is 9.13. The molecule has 0 radical (unpaired) electrons. The number of rotatable bonds is 4. The number of hydrogen-bond acceptors (Lipinski definition) is 5. The zero-order valence-electron chi connectivity index (χ0n) is 19.6. The van der Waals surface area contributed by atoms with Crippen molar-refractivity contribution in [2.45, 2.75) is 78.9 Å². The van der Waals surface area contributed by atoms with Crippen molar-refractivity contribution in [2.24, 2.45) is 0 Å². The van der Waals surface area contributed by atoms with E-state index in [1.807, 2.05) is 13.8 Å². The summed E-state index contributed by atoms with van der Waals surface area (Å²) in [5.41, 5.74) is 0.529. The molecule has 1 aromatic carbocycles. The standard InChI is InChI=1S/C22H34N4O5/c1-13-9-10-16(11-17(13)24-15(3)27)25-19(28)23-12-18-14(2)30-22(7,8)26(18)20(29)31-21(4,5)6/h9-11,14,18H,12H2,1-8H3,(H,24,27)(H2,23,25,28). The van der Waals surface area contributed by atoms with Crippen molar-refractivity contribution in [3.05, 3.63) is 23.8 Å². The second-order valence-electron chi connectivity index (χ2n) is 9.23. The maximum Gasteiger partial charge on any atom is 0.412 e. The van der Waals surface area contributed by atoms with E-state index in [0.29, 0.717) is 11.4 Å². The lowest BCUT2D eigenvalue weighted by atomic mass is 10.1. The van der Waals surface area contributed by atoms with Gasteiger partial charge < -0.3 is 25.4 Å². The quantitative estimate of drug-likeness (QED) is 0.667. The predicted octanol–water partition coefficient (Wildman–Crippen LogP) is 3.84. The predicted molar refractivity (Wildman–Crippen MR) is 119 cm³/mol. The molecule has 0 saturated carbocycles. The molecule has 3 N–H and O–H groups in total. The van der Waals surface area contributed by atoms with Gasteiger partial charge in [0.2, 0.25) is 5.91 Å². The van der Waals surface area contributed by atoms with Crippen molar-refractivity contribution < 1.29 is 23.9 Å². The highest BCUT2D eigenvalue weighted by Gasteiger charge is 2.49. The molecule has 1 aliphatic heterocycles. The minimum atomic E-state index is -0.866. The molecule has 9 nitrogen and oxygen atoms in total. The molecule has 172 valence electrons. The number of benzene rings is 1. The first-order chi connectivity index (χ1) is 14.2. The van der Waals surface area contributed by atoms with Crippen molar-refractivity contribution in [2.75, 3.05) is 17.2 Å². The molecule has 1 fully saturated rings. The highest BCUT2D eigenvalue weighted by Crippen LogP contribution is 2.33. The maximum atomic E-state index is 12.8. The average molecular weight is 435 g/mol. The molecule has 1 heterocycles. The van der Waals surface area contributed by atoms with Crippen LogP contribution in [0.3, 0.4) is 0 Å². The SMILES string of the molecule is CC(=O)Nc1cc(NC(=O)NCC2C(C)OC(C)(C)N2C(=O)OC(C)(C)C)ccc1C. The molecule has 0 aliphatic carbocycles. The van der Waals surface area contributed by atoms with Gasteiger partial charge in [-0.2, -0.15) is 0 Å². The fourth-order valence-corrected chi connectivity index (χ4v) is 3.52. The summed E-state index contributed by atoms with van der Waals surface area (Å²) in [7, 11) is 0. The Bertz CT molecular complexity index is 847. The Morgan fingerprint density at radius 3 is 2.42 bits per heavy atom. The number of anilines is 2. The van der Waals surface area contributed by atoms with E-state index in [1.54, 1.807) is 52.8 Å². The van der Waals surface area contributed by atoms with Crippen molar-refractivity contribution >= 4 is 29.4 Å². The van der Waals surface area contributed by atoms with Gasteiger partial charge in [0.15, 0.2) is 0 Å². The maximum absolute atomic E-state index is 12.8. The monoisotopic (exact) mass is 434 g/mol. The number of nitrogens with one attached hydrogen (secondary N) is 3. The van der Waals surface area contributed by atoms with Crippen LogP contribution in [0.5, 0.6) is 0 Å². The summed E-state index contributed by atoms with van der Waals surface area (Å²) in [5.74, 6) is -0.190. The smallest absolute Gasteiger partial charge is 0.412 e. The minimum absolute atomic E-state index is 0.181. The summed E-state index contributed by atoms with van der Waals surface area (Å²) in [5, 5.41) is 8.27. The summed E-state index contributed by atoms with van der Waals surface area (Å²) in [6, 6.07) is 4.41. The third-order valence-corrected chi connectivity index (χ3v) is 4.80. The van der Waals surface area contributed by atoms with E-state index in [9.17, 15) is 14.4 Å². The first kappa shape index (κ1) is 24.5. The summed E-state index contributed by atoms with van der Waals surface area (Å²) in [6.07, 6.45) is -0.791. The van der Waals surface area contributed by atoms with Crippen molar-refractivity contribution in [1.82, 2.24) is 10.2 Å². The number of carbonyl (C=O) groups excluding carboxylic acids is 3. The molecule has 9 heteroatoms. The fraction of sp³-hybridized carbons (Fsp3) is 0.591. The zero-order chi connectivity index (χ0) is 23.6. The molecular formula is C22H34N4O5. The van der Waals surface area contributed by atoms with E-state index in [1.165, 1.54) is 11.8 Å². The number of aryl methyl sites for hydroxylation is 1. The second-order valence-corrected chi connectivity index (χ2v) is 9.23. The van der Waals surface area contributed by atoms with E-state index in [-0.39, 0.29) is 18.6 Å². The van der Waals surface area contributed by atoms with Gasteiger partial charge in [-0.25, -0.2) is 9.59 Å². The highest BCUT2D eigenvalue weighted by molar-refractivity contribution is 5.93. The Kier molecular flexibility index (Phi) is 7.21. The van der Waals surface area contributed by atoms with Gasteiger partial charge in [0, 0.05) is 24.8 Å². The molecule has 2 unspecified atom stereocenters. The van der Waals surface area contributed by atoms with Crippen LogP contribution < -0.4 is 16.0 Å². The molecule has 2 rings (SSSR count). The van der Waals surface area contributed by atoms with Crippen LogP contribution in [0.4, 0.5) is 21.0 Å². The molecule has 1 aromatic rings. The van der Waals surface area contributed by atoms with Gasteiger partial charge >= 0.3 is 12.1 Å². The Labute approximate surface area is 183 Å². The number of carbonyl (C=O) groups is 3. The molecule has 1 saturated heterocycles. The molecule has 4 amide bonds. The van der Waals surface area contributed by atoms with E-state index >= 15 is 0 Å². The summed E-state index contributed by atoms with van der Waals surface area (Å²) < 4.78 is 11.5. The Morgan fingerprint density at radius 2 is 1.84 bits per heavy atom. The largest absolute Gasteiger partial charge is 0.444 e. The number of ether oxygens (including phenoxy) is 2. The summed E-state index contributed by atoms with van der Waals surface area (Å²) >= 11 is 0. The van der Waals surface area contributed by atoms with Crippen molar-refractivity contribution in [3.8, 4) is 0 Å². The lowest BCUT2D eigenvalue weighted by molar-refractivity contribution is -0.114.